The fourth-order valence-electron chi connectivity index (χ4n) is 3.67. The van der Waals surface area contributed by atoms with Gasteiger partial charge in [-0.3, -0.25) is 19.5 Å². The van der Waals surface area contributed by atoms with Crippen molar-refractivity contribution in [2.45, 2.75) is 13.0 Å². The van der Waals surface area contributed by atoms with Crippen molar-refractivity contribution in [2.24, 2.45) is 4.99 Å². The highest BCUT2D eigenvalue weighted by molar-refractivity contribution is 7.07. The van der Waals surface area contributed by atoms with E-state index in [0.717, 1.165) is 11.3 Å². The summed E-state index contributed by atoms with van der Waals surface area (Å²) in [6.45, 7) is 1.69. The van der Waals surface area contributed by atoms with Crippen LogP contribution in [0.4, 0.5) is 5.69 Å². The van der Waals surface area contributed by atoms with Crippen molar-refractivity contribution in [1.29, 1.82) is 0 Å². The number of nitro benzene ring substituents is 1. The minimum Gasteiger partial charge on any atom is -0.497 e. The molecule has 1 aliphatic rings. The third-order valence-electron chi connectivity index (χ3n) is 5.24. The van der Waals surface area contributed by atoms with E-state index in [1.807, 2.05) is 0 Å². The number of methoxy groups -OCH3 is 2. The quantitative estimate of drug-likeness (QED) is 0.325. The fraction of sp³-hybridized carbons (Fsp3) is 0.174. The van der Waals surface area contributed by atoms with Gasteiger partial charge in [0.1, 0.15) is 5.75 Å². The second-order valence-corrected chi connectivity index (χ2v) is 8.21. The lowest BCUT2D eigenvalue weighted by molar-refractivity contribution is -0.384. The molecule has 0 saturated carbocycles. The van der Waals surface area contributed by atoms with Gasteiger partial charge in [0.05, 0.1) is 41.0 Å². The Morgan fingerprint density at radius 3 is 2.58 bits per heavy atom. The predicted octanol–water partition coefficient (Wildman–Crippen LogP) is 2.33. The molecule has 0 bridgehead atoms. The number of ether oxygens (including phenoxy) is 2. The van der Waals surface area contributed by atoms with Crippen molar-refractivity contribution in [2.75, 3.05) is 14.2 Å². The van der Waals surface area contributed by atoms with Crippen LogP contribution in [0.3, 0.4) is 0 Å². The SMILES string of the molecule is COC(=O)C1=C(C)N=c2s/c(=C/c3cccc([N+](=O)[O-])c3)c(=O)n2C1c1ccc(OC)cc1. The van der Waals surface area contributed by atoms with Crippen molar-refractivity contribution in [3.8, 4) is 5.75 Å². The Balaban J connectivity index is 1.94. The van der Waals surface area contributed by atoms with E-state index in [0.29, 0.717) is 31.9 Å². The summed E-state index contributed by atoms with van der Waals surface area (Å²) in [5.41, 5.74) is 1.48. The van der Waals surface area contributed by atoms with Gasteiger partial charge < -0.3 is 9.47 Å². The van der Waals surface area contributed by atoms with E-state index in [1.165, 1.54) is 23.8 Å². The van der Waals surface area contributed by atoms with Crippen molar-refractivity contribution in [3.63, 3.8) is 0 Å². The number of hydrogen-bond acceptors (Lipinski definition) is 8. The van der Waals surface area contributed by atoms with Gasteiger partial charge in [-0.15, -0.1) is 0 Å². The first kappa shape index (κ1) is 22.2. The Morgan fingerprint density at radius 2 is 1.94 bits per heavy atom. The first-order valence-corrected chi connectivity index (χ1v) is 10.6. The first-order valence-electron chi connectivity index (χ1n) is 9.83. The number of rotatable bonds is 5. The summed E-state index contributed by atoms with van der Waals surface area (Å²) in [6, 6.07) is 12.3. The lowest BCUT2D eigenvalue weighted by Crippen LogP contribution is -2.39. The molecule has 2 aromatic carbocycles. The first-order chi connectivity index (χ1) is 15.8. The van der Waals surface area contributed by atoms with E-state index >= 15 is 0 Å². The van der Waals surface area contributed by atoms with E-state index < -0.39 is 16.9 Å². The summed E-state index contributed by atoms with van der Waals surface area (Å²) in [5.74, 6) is 0.0576. The van der Waals surface area contributed by atoms with Crippen LogP contribution in [-0.2, 0) is 9.53 Å². The highest BCUT2D eigenvalue weighted by Gasteiger charge is 2.33. The van der Waals surface area contributed by atoms with Crippen LogP contribution in [0, 0.1) is 10.1 Å². The van der Waals surface area contributed by atoms with Crippen LogP contribution in [0.15, 0.2) is 69.6 Å². The van der Waals surface area contributed by atoms with E-state index in [4.69, 9.17) is 9.47 Å². The maximum absolute atomic E-state index is 13.5. The van der Waals surface area contributed by atoms with Crippen LogP contribution in [0.2, 0.25) is 0 Å². The topological polar surface area (TPSA) is 113 Å². The molecule has 0 fully saturated rings. The molecule has 168 valence electrons. The van der Waals surface area contributed by atoms with E-state index in [2.05, 4.69) is 4.99 Å². The number of hydrogen-bond donors (Lipinski definition) is 0. The van der Waals surface area contributed by atoms with Gasteiger partial charge in [0, 0.05) is 12.1 Å². The molecule has 0 aliphatic carbocycles. The highest BCUT2D eigenvalue weighted by atomic mass is 32.1. The lowest BCUT2D eigenvalue weighted by Gasteiger charge is -2.24. The molecule has 3 aromatic rings. The van der Waals surface area contributed by atoms with Gasteiger partial charge in [0.2, 0.25) is 0 Å². The van der Waals surface area contributed by atoms with Crippen molar-refractivity contribution in [1.82, 2.24) is 4.57 Å². The van der Waals surface area contributed by atoms with Crippen LogP contribution >= 0.6 is 11.3 Å². The number of nitrogens with zero attached hydrogens (tertiary/aromatic N) is 3. The number of non-ortho nitro benzene ring substituents is 1. The Labute approximate surface area is 191 Å². The van der Waals surface area contributed by atoms with Gasteiger partial charge in [-0.25, -0.2) is 9.79 Å². The number of allylic oxidation sites excluding steroid dienone is 1. The summed E-state index contributed by atoms with van der Waals surface area (Å²) in [5, 5.41) is 11.1. The minimum atomic E-state index is -0.744. The van der Waals surface area contributed by atoms with E-state index in [-0.39, 0.29) is 16.8 Å². The molecular formula is C23H19N3O6S. The van der Waals surface area contributed by atoms with Gasteiger partial charge in [0.25, 0.3) is 11.2 Å². The Bertz CT molecular complexity index is 1470. The van der Waals surface area contributed by atoms with Gasteiger partial charge in [-0.1, -0.05) is 35.6 Å². The third-order valence-corrected chi connectivity index (χ3v) is 6.22. The zero-order valence-corrected chi connectivity index (χ0v) is 18.8. The molecule has 10 heteroatoms. The molecule has 1 unspecified atom stereocenters. The number of carbonyl (C=O) groups excluding carboxylic acids is 1. The summed E-state index contributed by atoms with van der Waals surface area (Å²) < 4.78 is 12.0. The standard InChI is InChI=1S/C23H19N3O6S/c1-13-19(22(28)32-3)20(15-7-9-17(31-2)10-8-15)25-21(27)18(33-23(25)24-13)12-14-5-4-6-16(11-14)26(29)30/h4-12,20H,1-3H3/b18-12+. The van der Waals surface area contributed by atoms with E-state index in [1.54, 1.807) is 56.5 Å². The predicted molar refractivity (Wildman–Crippen MR) is 122 cm³/mol. The third kappa shape index (κ3) is 4.08. The molecule has 0 radical (unpaired) electrons. The second-order valence-electron chi connectivity index (χ2n) is 7.20. The smallest absolute Gasteiger partial charge is 0.338 e. The van der Waals surface area contributed by atoms with Crippen LogP contribution in [0.1, 0.15) is 24.1 Å². The minimum absolute atomic E-state index is 0.0727. The zero-order valence-electron chi connectivity index (χ0n) is 18.0. The van der Waals surface area contributed by atoms with Gasteiger partial charge in [0.15, 0.2) is 4.80 Å². The number of nitro groups is 1. The maximum Gasteiger partial charge on any atom is 0.338 e. The van der Waals surface area contributed by atoms with Crippen molar-refractivity contribution in [3.05, 3.63) is 101 Å². The fourth-order valence-corrected chi connectivity index (χ4v) is 4.72. The average molecular weight is 465 g/mol. The summed E-state index contributed by atoms with van der Waals surface area (Å²) in [6.07, 6.45) is 1.58. The molecular weight excluding hydrogens is 446 g/mol. The van der Waals surface area contributed by atoms with Gasteiger partial charge >= 0.3 is 5.97 Å². The highest BCUT2D eigenvalue weighted by Crippen LogP contribution is 2.31. The number of fused-ring (bicyclic) bond motifs is 1. The lowest BCUT2D eigenvalue weighted by atomic mass is 9.96. The molecule has 0 N–H and O–H groups in total. The van der Waals surface area contributed by atoms with Crippen LogP contribution < -0.4 is 19.6 Å². The van der Waals surface area contributed by atoms with Crippen molar-refractivity contribution < 1.29 is 19.2 Å². The number of esters is 1. The largest absolute Gasteiger partial charge is 0.497 e. The Hall–Kier alpha value is -4.05. The second kappa shape index (κ2) is 8.83. The average Bonchev–Trinajstić information content (AvgIpc) is 3.12. The van der Waals surface area contributed by atoms with Crippen LogP contribution in [-0.4, -0.2) is 29.7 Å². The monoisotopic (exact) mass is 465 g/mol. The molecule has 0 spiro atoms. The molecule has 9 nitrogen and oxygen atoms in total. The summed E-state index contributed by atoms with van der Waals surface area (Å²) >= 11 is 1.15. The van der Waals surface area contributed by atoms with Gasteiger partial charge in [-0.05, 0) is 36.3 Å². The molecule has 0 amide bonds. The van der Waals surface area contributed by atoms with Crippen molar-refractivity contribution >= 4 is 29.1 Å². The number of benzene rings is 2. The normalized spacial score (nSPS) is 15.6. The number of carbonyl (C=O) groups is 1. The summed E-state index contributed by atoms with van der Waals surface area (Å²) in [4.78, 5) is 41.6. The Morgan fingerprint density at radius 1 is 1.21 bits per heavy atom. The number of thiazole rings is 1. The van der Waals surface area contributed by atoms with Crippen LogP contribution in [0.5, 0.6) is 5.75 Å². The molecule has 1 aliphatic heterocycles. The van der Waals surface area contributed by atoms with Crippen LogP contribution in [0.25, 0.3) is 6.08 Å². The zero-order chi connectivity index (χ0) is 23.7. The molecule has 1 aromatic heterocycles. The van der Waals surface area contributed by atoms with E-state index in [9.17, 15) is 19.7 Å². The maximum atomic E-state index is 13.5. The molecule has 4 rings (SSSR count). The molecule has 33 heavy (non-hydrogen) atoms. The number of aromatic nitrogens is 1. The van der Waals surface area contributed by atoms with Gasteiger partial charge in [-0.2, -0.15) is 0 Å². The summed E-state index contributed by atoms with van der Waals surface area (Å²) in [7, 11) is 2.83. The molecule has 1 atom stereocenters. The Kier molecular flexibility index (Phi) is 5.93. The molecule has 2 heterocycles. The molecule has 0 saturated heterocycles.